The number of halogens is 1. The van der Waals surface area contributed by atoms with E-state index in [4.69, 9.17) is 11.6 Å². The lowest BCUT2D eigenvalue weighted by molar-refractivity contribution is 0.102. The van der Waals surface area contributed by atoms with Gasteiger partial charge in [-0.2, -0.15) is 0 Å². The Hall–Kier alpha value is -3.42. The number of carbonyl (C=O) groups excluding carboxylic acids is 2. The van der Waals surface area contributed by atoms with Crippen LogP contribution >= 0.6 is 22.9 Å². The molecule has 8 heteroatoms. The molecule has 0 radical (unpaired) electrons. The van der Waals surface area contributed by atoms with Gasteiger partial charge in [0.05, 0.1) is 10.2 Å². The molecule has 150 valence electrons. The minimum atomic E-state index is -0.378. The number of urea groups is 1. The highest BCUT2D eigenvalue weighted by Crippen LogP contribution is 2.29. The molecule has 4 rings (SSSR count). The molecule has 6 nitrogen and oxygen atoms in total. The number of nitrogens with one attached hydrogen (secondary N) is 3. The Morgan fingerprint density at radius 2 is 1.60 bits per heavy atom. The molecule has 0 bridgehead atoms. The van der Waals surface area contributed by atoms with Gasteiger partial charge in [-0.15, -0.1) is 0 Å². The fourth-order valence-corrected chi connectivity index (χ4v) is 3.86. The van der Waals surface area contributed by atoms with Crippen molar-refractivity contribution in [1.29, 1.82) is 0 Å². The van der Waals surface area contributed by atoms with Crippen molar-refractivity contribution >= 4 is 61.6 Å². The lowest BCUT2D eigenvalue weighted by Gasteiger charge is -2.08. The van der Waals surface area contributed by atoms with Crippen molar-refractivity contribution < 1.29 is 9.59 Å². The van der Waals surface area contributed by atoms with Crippen LogP contribution in [0.4, 0.5) is 21.3 Å². The number of benzene rings is 3. The van der Waals surface area contributed by atoms with Crippen LogP contribution in [0.15, 0.2) is 66.7 Å². The predicted molar refractivity (Wildman–Crippen MR) is 123 cm³/mol. The zero-order valence-corrected chi connectivity index (χ0v) is 17.5. The summed E-state index contributed by atoms with van der Waals surface area (Å²) in [7, 11) is 0. The predicted octanol–water partition coefficient (Wildman–Crippen LogP) is 6.15. The van der Waals surface area contributed by atoms with Crippen LogP contribution in [0, 0.1) is 6.92 Å². The molecule has 1 aromatic heterocycles. The maximum Gasteiger partial charge on any atom is 0.323 e. The minimum absolute atomic E-state index is 0.218. The molecule has 3 amide bonds. The topological polar surface area (TPSA) is 83.1 Å². The van der Waals surface area contributed by atoms with Crippen molar-refractivity contribution in [3.8, 4) is 0 Å². The zero-order chi connectivity index (χ0) is 21.1. The summed E-state index contributed by atoms with van der Waals surface area (Å²) in [5.41, 5.74) is 3.45. The summed E-state index contributed by atoms with van der Waals surface area (Å²) in [5, 5.41) is 9.43. The van der Waals surface area contributed by atoms with E-state index in [1.807, 2.05) is 25.1 Å². The van der Waals surface area contributed by atoms with Gasteiger partial charge in [0, 0.05) is 22.0 Å². The van der Waals surface area contributed by atoms with Crippen molar-refractivity contribution in [2.24, 2.45) is 0 Å². The van der Waals surface area contributed by atoms with Crippen LogP contribution in [0.2, 0.25) is 5.02 Å². The monoisotopic (exact) mass is 436 g/mol. The second kappa shape index (κ2) is 8.52. The average Bonchev–Trinajstić information content (AvgIpc) is 3.13. The zero-order valence-electron chi connectivity index (χ0n) is 15.9. The summed E-state index contributed by atoms with van der Waals surface area (Å²) in [5.74, 6) is -0.218. The van der Waals surface area contributed by atoms with Crippen LogP contribution in [-0.4, -0.2) is 16.9 Å². The van der Waals surface area contributed by atoms with E-state index in [0.717, 1.165) is 15.8 Å². The molecule has 0 aliphatic rings. The summed E-state index contributed by atoms with van der Waals surface area (Å²) >= 11 is 7.43. The van der Waals surface area contributed by atoms with Gasteiger partial charge < -0.3 is 10.6 Å². The van der Waals surface area contributed by atoms with Gasteiger partial charge in [-0.3, -0.25) is 10.1 Å². The normalized spacial score (nSPS) is 10.6. The molecule has 3 N–H and O–H groups in total. The molecule has 0 atom stereocenters. The molecule has 0 saturated heterocycles. The Balaban J connectivity index is 1.44. The van der Waals surface area contributed by atoms with E-state index in [-0.39, 0.29) is 11.9 Å². The van der Waals surface area contributed by atoms with Gasteiger partial charge in [-0.25, -0.2) is 9.78 Å². The van der Waals surface area contributed by atoms with E-state index < -0.39 is 0 Å². The first-order valence-electron chi connectivity index (χ1n) is 9.09. The average molecular weight is 437 g/mol. The van der Waals surface area contributed by atoms with Gasteiger partial charge in [0.15, 0.2) is 5.13 Å². The van der Waals surface area contributed by atoms with Crippen LogP contribution in [0.25, 0.3) is 10.2 Å². The highest BCUT2D eigenvalue weighted by atomic mass is 35.5. The summed E-state index contributed by atoms with van der Waals surface area (Å²) in [6.07, 6.45) is 0. The summed E-state index contributed by atoms with van der Waals surface area (Å²) in [4.78, 5) is 29.0. The summed E-state index contributed by atoms with van der Waals surface area (Å²) in [6.45, 7) is 1.90. The fraction of sp³-hybridized carbons (Fsp3) is 0.0455. The molecule has 0 unspecified atom stereocenters. The molecule has 0 saturated carbocycles. The third-order valence-electron chi connectivity index (χ3n) is 4.33. The lowest BCUT2D eigenvalue weighted by Crippen LogP contribution is -2.19. The Morgan fingerprint density at radius 3 is 2.33 bits per heavy atom. The van der Waals surface area contributed by atoms with E-state index in [2.05, 4.69) is 20.9 Å². The molecule has 1 heterocycles. The Morgan fingerprint density at radius 1 is 0.900 bits per heavy atom. The first-order valence-corrected chi connectivity index (χ1v) is 10.3. The maximum absolute atomic E-state index is 12.3. The number of hydrogen-bond donors (Lipinski definition) is 3. The van der Waals surface area contributed by atoms with Crippen LogP contribution < -0.4 is 16.0 Å². The molecular weight excluding hydrogens is 420 g/mol. The standard InChI is InChI=1S/C22H17ClN4O2S/c1-13-7-8-15(11-17(13)23)24-21(29)25-16-9-10-18-19(12-16)30-22(26-18)27-20(28)14-5-3-2-4-6-14/h2-12H,1H3,(H2,24,25,29)(H,26,27,28). The second-order valence-corrected chi connectivity index (χ2v) is 8.00. The number of fused-ring (bicyclic) bond motifs is 1. The van der Waals surface area contributed by atoms with Crippen molar-refractivity contribution in [2.45, 2.75) is 6.92 Å². The lowest BCUT2D eigenvalue weighted by atomic mass is 10.2. The van der Waals surface area contributed by atoms with Gasteiger partial charge >= 0.3 is 6.03 Å². The van der Waals surface area contributed by atoms with E-state index in [0.29, 0.717) is 27.1 Å². The second-order valence-electron chi connectivity index (χ2n) is 6.56. The first-order chi connectivity index (χ1) is 14.5. The van der Waals surface area contributed by atoms with Gasteiger partial charge in [0.2, 0.25) is 0 Å². The van der Waals surface area contributed by atoms with E-state index in [1.165, 1.54) is 11.3 Å². The molecule has 4 aromatic rings. The number of anilines is 3. The molecule has 3 aromatic carbocycles. The van der Waals surface area contributed by atoms with Crippen molar-refractivity contribution in [2.75, 3.05) is 16.0 Å². The van der Waals surface area contributed by atoms with Crippen molar-refractivity contribution in [3.05, 3.63) is 82.9 Å². The van der Waals surface area contributed by atoms with Crippen LogP contribution in [0.3, 0.4) is 0 Å². The fourth-order valence-electron chi connectivity index (χ4n) is 2.78. The summed E-state index contributed by atoms with van der Waals surface area (Å²) in [6, 6.07) is 19.3. The smallest absolute Gasteiger partial charge is 0.308 e. The van der Waals surface area contributed by atoms with Crippen LogP contribution in [-0.2, 0) is 0 Å². The third kappa shape index (κ3) is 4.59. The maximum atomic E-state index is 12.3. The number of hydrogen-bond acceptors (Lipinski definition) is 4. The number of nitrogens with zero attached hydrogens (tertiary/aromatic N) is 1. The largest absolute Gasteiger partial charge is 0.323 e. The highest BCUT2D eigenvalue weighted by Gasteiger charge is 2.11. The first kappa shape index (κ1) is 19.9. The van der Waals surface area contributed by atoms with Gasteiger partial charge in [-0.1, -0.05) is 47.2 Å². The Kier molecular flexibility index (Phi) is 5.65. The number of aryl methyl sites for hydroxylation is 1. The number of amides is 3. The number of carbonyl (C=O) groups is 2. The number of thiazole rings is 1. The van der Waals surface area contributed by atoms with Gasteiger partial charge in [0.25, 0.3) is 5.91 Å². The number of rotatable bonds is 4. The molecule has 0 aliphatic heterocycles. The van der Waals surface area contributed by atoms with Crippen LogP contribution in [0.1, 0.15) is 15.9 Å². The molecule has 0 fully saturated rings. The SMILES string of the molecule is Cc1ccc(NC(=O)Nc2ccc3nc(NC(=O)c4ccccc4)sc3c2)cc1Cl. The van der Waals surface area contributed by atoms with E-state index >= 15 is 0 Å². The number of aromatic nitrogens is 1. The van der Waals surface area contributed by atoms with Gasteiger partial charge in [-0.05, 0) is 55.0 Å². The van der Waals surface area contributed by atoms with Crippen molar-refractivity contribution in [3.63, 3.8) is 0 Å². The summed E-state index contributed by atoms with van der Waals surface area (Å²) < 4.78 is 0.842. The van der Waals surface area contributed by atoms with E-state index in [1.54, 1.807) is 48.5 Å². The van der Waals surface area contributed by atoms with Crippen LogP contribution in [0.5, 0.6) is 0 Å². The Bertz CT molecular complexity index is 1240. The molecule has 0 aliphatic carbocycles. The quantitative estimate of drug-likeness (QED) is 0.358. The van der Waals surface area contributed by atoms with E-state index in [9.17, 15) is 9.59 Å². The molecule has 0 spiro atoms. The molecule has 30 heavy (non-hydrogen) atoms. The third-order valence-corrected chi connectivity index (χ3v) is 5.67. The van der Waals surface area contributed by atoms with Gasteiger partial charge in [0.1, 0.15) is 0 Å². The molecular formula is C22H17ClN4O2S. The highest BCUT2D eigenvalue weighted by molar-refractivity contribution is 7.22. The Labute approximate surface area is 181 Å². The minimum Gasteiger partial charge on any atom is -0.308 e. The van der Waals surface area contributed by atoms with Crippen molar-refractivity contribution in [1.82, 2.24) is 4.98 Å².